The molecule has 0 atom stereocenters. The Morgan fingerprint density at radius 3 is 2.43 bits per heavy atom. The Kier molecular flexibility index (Phi) is 4.29. The van der Waals surface area contributed by atoms with E-state index >= 15 is 0 Å². The third kappa shape index (κ3) is 3.22. The summed E-state index contributed by atoms with van der Waals surface area (Å²) in [4.78, 5) is 4.19. The van der Waals surface area contributed by atoms with Crippen molar-refractivity contribution in [1.29, 1.82) is 0 Å². The van der Waals surface area contributed by atoms with Gasteiger partial charge in [-0.1, -0.05) is 0 Å². The number of hydrogen-bond donors (Lipinski definition) is 1. The standard InChI is InChI=1S/C15H19N3O2S/c1-11-8-14(16)12(2)15(9-11)21(19,20)18(3)10-13-4-6-17-7-5-13/h4-9H,10,16H2,1-3H3. The third-order valence-electron chi connectivity index (χ3n) is 3.39. The lowest BCUT2D eigenvalue weighted by atomic mass is 10.1. The SMILES string of the molecule is Cc1cc(N)c(C)c(S(=O)(=O)N(C)Cc2ccncc2)c1. The van der Waals surface area contributed by atoms with Gasteiger partial charge in [-0.3, -0.25) is 4.98 Å². The Morgan fingerprint density at radius 1 is 1.19 bits per heavy atom. The number of hydrogen-bond acceptors (Lipinski definition) is 4. The van der Waals surface area contributed by atoms with E-state index in [9.17, 15) is 8.42 Å². The largest absolute Gasteiger partial charge is 0.398 e. The van der Waals surface area contributed by atoms with Crippen LogP contribution in [0.4, 0.5) is 5.69 Å². The minimum absolute atomic E-state index is 0.261. The van der Waals surface area contributed by atoms with Gasteiger partial charge < -0.3 is 5.73 Å². The Bertz CT molecular complexity index is 743. The van der Waals surface area contributed by atoms with Gasteiger partial charge >= 0.3 is 0 Å². The lowest BCUT2D eigenvalue weighted by Crippen LogP contribution is -2.27. The van der Waals surface area contributed by atoms with Crippen LogP contribution in [0.2, 0.25) is 0 Å². The second-order valence-corrected chi connectivity index (χ2v) is 7.11. The number of aryl methyl sites for hydroxylation is 1. The Balaban J connectivity index is 2.38. The van der Waals surface area contributed by atoms with Crippen molar-refractivity contribution in [3.63, 3.8) is 0 Å². The second-order valence-electron chi connectivity index (χ2n) is 5.09. The van der Waals surface area contributed by atoms with E-state index in [1.165, 1.54) is 4.31 Å². The Labute approximate surface area is 125 Å². The summed E-state index contributed by atoms with van der Waals surface area (Å²) >= 11 is 0. The quantitative estimate of drug-likeness (QED) is 0.878. The first-order chi connectivity index (χ1) is 9.82. The summed E-state index contributed by atoms with van der Waals surface area (Å²) in [6, 6.07) is 7.02. The zero-order valence-corrected chi connectivity index (χ0v) is 13.2. The van der Waals surface area contributed by atoms with Crippen molar-refractivity contribution in [2.24, 2.45) is 0 Å². The van der Waals surface area contributed by atoms with Gasteiger partial charge in [-0.15, -0.1) is 0 Å². The first-order valence-electron chi connectivity index (χ1n) is 6.54. The van der Waals surface area contributed by atoms with Gasteiger partial charge in [0, 0.05) is 31.7 Å². The zero-order chi connectivity index (χ0) is 15.6. The van der Waals surface area contributed by atoms with Crippen LogP contribution < -0.4 is 5.73 Å². The van der Waals surface area contributed by atoms with Crippen LogP contribution in [0.25, 0.3) is 0 Å². The highest BCUT2D eigenvalue weighted by Crippen LogP contribution is 2.26. The van der Waals surface area contributed by atoms with Gasteiger partial charge in [-0.25, -0.2) is 8.42 Å². The number of nitrogen functional groups attached to an aromatic ring is 1. The maximum absolute atomic E-state index is 12.7. The van der Waals surface area contributed by atoms with Crippen LogP contribution in [0, 0.1) is 13.8 Å². The van der Waals surface area contributed by atoms with Gasteiger partial charge in [0.15, 0.2) is 0 Å². The van der Waals surface area contributed by atoms with Crippen LogP contribution >= 0.6 is 0 Å². The molecule has 1 heterocycles. The molecule has 0 bridgehead atoms. The number of nitrogens with zero attached hydrogens (tertiary/aromatic N) is 2. The molecule has 0 aliphatic heterocycles. The maximum Gasteiger partial charge on any atom is 0.243 e. The zero-order valence-electron chi connectivity index (χ0n) is 12.4. The maximum atomic E-state index is 12.7. The topological polar surface area (TPSA) is 76.3 Å². The minimum atomic E-state index is -3.58. The predicted molar refractivity (Wildman–Crippen MR) is 83.2 cm³/mol. The third-order valence-corrected chi connectivity index (χ3v) is 5.32. The van der Waals surface area contributed by atoms with E-state index in [-0.39, 0.29) is 11.4 Å². The Hall–Kier alpha value is -1.92. The highest BCUT2D eigenvalue weighted by atomic mass is 32.2. The molecule has 0 aliphatic carbocycles. The van der Waals surface area contributed by atoms with Crippen molar-refractivity contribution < 1.29 is 8.42 Å². The van der Waals surface area contributed by atoms with E-state index in [4.69, 9.17) is 5.73 Å². The monoisotopic (exact) mass is 305 g/mol. The van der Waals surface area contributed by atoms with Crippen molar-refractivity contribution in [2.75, 3.05) is 12.8 Å². The van der Waals surface area contributed by atoms with Crippen LogP contribution in [0.5, 0.6) is 0 Å². The predicted octanol–water partition coefficient (Wildman–Crippen LogP) is 2.10. The van der Waals surface area contributed by atoms with Crippen LogP contribution in [0.1, 0.15) is 16.7 Å². The molecule has 0 amide bonds. The molecule has 0 unspecified atom stereocenters. The molecular weight excluding hydrogens is 286 g/mol. The summed E-state index contributed by atoms with van der Waals surface area (Å²) in [5, 5.41) is 0. The number of rotatable bonds is 4. The molecule has 2 N–H and O–H groups in total. The lowest BCUT2D eigenvalue weighted by Gasteiger charge is -2.19. The van der Waals surface area contributed by atoms with Crippen LogP contribution in [0.3, 0.4) is 0 Å². The van der Waals surface area contributed by atoms with E-state index in [0.29, 0.717) is 11.3 Å². The number of anilines is 1. The molecule has 0 fully saturated rings. The molecular formula is C15H19N3O2S. The smallest absolute Gasteiger partial charge is 0.243 e. The fourth-order valence-electron chi connectivity index (χ4n) is 2.12. The van der Waals surface area contributed by atoms with Crippen LogP contribution in [-0.4, -0.2) is 24.8 Å². The van der Waals surface area contributed by atoms with Crippen molar-refractivity contribution >= 4 is 15.7 Å². The molecule has 2 aromatic rings. The second kappa shape index (κ2) is 5.83. The summed E-state index contributed by atoms with van der Waals surface area (Å²) < 4.78 is 26.8. The van der Waals surface area contributed by atoms with Gasteiger partial charge in [-0.05, 0) is 54.8 Å². The molecule has 0 saturated carbocycles. The van der Waals surface area contributed by atoms with E-state index in [1.54, 1.807) is 50.6 Å². The molecule has 6 heteroatoms. The van der Waals surface area contributed by atoms with E-state index in [1.807, 2.05) is 6.92 Å². The molecule has 21 heavy (non-hydrogen) atoms. The normalized spacial score (nSPS) is 11.8. The first-order valence-corrected chi connectivity index (χ1v) is 7.98. The van der Waals surface area contributed by atoms with Gasteiger partial charge in [0.25, 0.3) is 0 Å². The van der Waals surface area contributed by atoms with Gasteiger partial charge in [0.2, 0.25) is 10.0 Å². The van der Waals surface area contributed by atoms with Gasteiger partial charge in [-0.2, -0.15) is 4.31 Å². The lowest BCUT2D eigenvalue weighted by molar-refractivity contribution is 0.466. The first kappa shape index (κ1) is 15.5. The van der Waals surface area contributed by atoms with Gasteiger partial charge in [0.1, 0.15) is 0 Å². The number of nitrogens with two attached hydrogens (primary N) is 1. The molecule has 2 rings (SSSR count). The summed E-state index contributed by atoms with van der Waals surface area (Å²) in [5.74, 6) is 0. The number of sulfonamides is 1. The highest BCUT2D eigenvalue weighted by Gasteiger charge is 2.24. The molecule has 0 spiro atoms. The highest BCUT2D eigenvalue weighted by molar-refractivity contribution is 7.89. The number of benzene rings is 1. The number of aromatic nitrogens is 1. The van der Waals surface area contributed by atoms with E-state index in [0.717, 1.165) is 11.1 Å². The molecule has 1 aromatic heterocycles. The molecule has 0 saturated heterocycles. The van der Waals surface area contributed by atoms with Crippen molar-refractivity contribution in [2.45, 2.75) is 25.3 Å². The summed E-state index contributed by atoms with van der Waals surface area (Å²) in [7, 11) is -2.02. The summed E-state index contributed by atoms with van der Waals surface area (Å²) in [5.41, 5.74) is 8.67. The molecule has 5 nitrogen and oxygen atoms in total. The van der Waals surface area contributed by atoms with Crippen LogP contribution in [-0.2, 0) is 16.6 Å². The Morgan fingerprint density at radius 2 is 1.81 bits per heavy atom. The van der Waals surface area contributed by atoms with Gasteiger partial charge in [0.05, 0.1) is 4.90 Å². The average molecular weight is 305 g/mol. The van der Waals surface area contributed by atoms with E-state index in [2.05, 4.69) is 4.98 Å². The fourth-order valence-corrected chi connectivity index (χ4v) is 3.61. The molecule has 0 aliphatic rings. The summed E-state index contributed by atoms with van der Waals surface area (Å²) in [6.07, 6.45) is 3.29. The fraction of sp³-hybridized carbons (Fsp3) is 0.267. The van der Waals surface area contributed by atoms with Crippen molar-refractivity contribution in [3.05, 3.63) is 53.3 Å². The molecule has 112 valence electrons. The minimum Gasteiger partial charge on any atom is -0.398 e. The van der Waals surface area contributed by atoms with Crippen molar-refractivity contribution in [3.8, 4) is 0 Å². The average Bonchev–Trinajstić information content (AvgIpc) is 2.43. The molecule has 1 aromatic carbocycles. The number of pyridine rings is 1. The van der Waals surface area contributed by atoms with E-state index < -0.39 is 10.0 Å². The van der Waals surface area contributed by atoms with Crippen molar-refractivity contribution in [1.82, 2.24) is 9.29 Å². The van der Waals surface area contributed by atoms with Crippen LogP contribution in [0.15, 0.2) is 41.6 Å². The molecule has 0 radical (unpaired) electrons. The summed E-state index contributed by atoms with van der Waals surface area (Å²) in [6.45, 7) is 3.84.